The van der Waals surface area contributed by atoms with E-state index in [4.69, 9.17) is 0 Å². The van der Waals surface area contributed by atoms with Gasteiger partial charge in [-0.3, -0.25) is 4.79 Å². The predicted octanol–water partition coefficient (Wildman–Crippen LogP) is 3.02. The van der Waals surface area contributed by atoms with Crippen LogP contribution in [0.15, 0.2) is 53.6 Å². The van der Waals surface area contributed by atoms with E-state index in [1.165, 1.54) is 12.1 Å². The van der Waals surface area contributed by atoms with E-state index >= 15 is 0 Å². The molecule has 24 heavy (non-hydrogen) atoms. The van der Waals surface area contributed by atoms with Gasteiger partial charge in [-0.2, -0.15) is 5.10 Å². The first-order chi connectivity index (χ1) is 11.5. The maximum atomic E-state index is 12.9. The minimum Gasteiger partial charge on any atom is -0.319 e. The van der Waals surface area contributed by atoms with Crippen molar-refractivity contribution in [2.24, 2.45) is 5.10 Å². The van der Waals surface area contributed by atoms with E-state index in [9.17, 15) is 9.18 Å². The number of para-hydroxylation sites is 2. The monoisotopic (exact) mass is 324 g/mol. The average Bonchev–Trinajstić information content (AvgIpc) is 2.89. The number of nitrogens with zero attached hydrogens (tertiary/aromatic N) is 3. The lowest BCUT2D eigenvalue weighted by Gasteiger charge is -2.06. The Bertz CT molecular complexity index is 912. The molecule has 1 amide bonds. The standard InChI is InChI=1S/C18H17FN4O/c1-12(14-7-9-15(19)10-8-14)21-22-18(24)11-23-13(2)20-16-5-3-4-6-17(16)23/h3-10H,11H2,1-2H3,(H,22,24)/b21-12-. The molecule has 1 heterocycles. The number of carbonyl (C=O) groups excluding carboxylic acids is 1. The maximum Gasteiger partial charge on any atom is 0.260 e. The van der Waals surface area contributed by atoms with Crippen molar-refractivity contribution >= 4 is 22.7 Å². The summed E-state index contributed by atoms with van der Waals surface area (Å²) in [7, 11) is 0. The van der Waals surface area contributed by atoms with Crippen LogP contribution in [-0.2, 0) is 11.3 Å². The zero-order valence-corrected chi connectivity index (χ0v) is 13.5. The fraction of sp³-hybridized carbons (Fsp3) is 0.167. The molecule has 122 valence electrons. The number of hydrogen-bond donors (Lipinski definition) is 1. The van der Waals surface area contributed by atoms with Gasteiger partial charge in [0.05, 0.1) is 16.7 Å². The molecular weight excluding hydrogens is 307 g/mol. The van der Waals surface area contributed by atoms with Crippen LogP contribution < -0.4 is 5.43 Å². The molecule has 0 bridgehead atoms. The third kappa shape index (κ3) is 3.32. The number of hydrazone groups is 1. The van der Waals surface area contributed by atoms with Crippen LogP contribution in [0.3, 0.4) is 0 Å². The van der Waals surface area contributed by atoms with E-state index in [2.05, 4.69) is 15.5 Å². The molecule has 0 aliphatic rings. The number of hydrogen-bond acceptors (Lipinski definition) is 3. The summed E-state index contributed by atoms with van der Waals surface area (Å²) >= 11 is 0. The normalized spacial score (nSPS) is 11.7. The van der Waals surface area contributed by atoms with Gasteiger partial charge in [0.1, 0.15) is 18.2 Å². The summed E-state index contributed by atoms with van der Waals surface area (Å²) in [5.74, 6) is 0.214. The Morgan fingerprint density at radius 3 is 2.67 bits per heavy atom. The molecule has 0 saturated heterocycles. The van der Waals surface area contributed by atoms with E-state index in [0.29, 0.717) is 5.71 Å². The molecule has 2 aromatic carbocycles. The van der Waals surface area contributed by atoms with Gasteiger partial charge in [0.25, 0.3) is 5.91 Å². The highest BCUT2D eigenvalue weighted by molar-refractivity contribution is 5.99. The van der Waals surface area contributed by atoms with Crippen molar-refractivity contribution in [3.05, 3.63) is 65.7 Å². The van der Waals surface area contributed by atoms with Gasteiger partial charge in [-0.15, -0.1) is 0 Å². The Morgan fingerprint density at radius 2 is 1.92 bits per heavy atom. The molecule has 0 radical (unpaired) electrons. The number of benzene rings is 2. The lowest BCUT2D eigenvalue weighted by Crippen LogP contribution is -2.24. The van der Waals surface area contributed by atoms with Gasteiger partial charge in [0, 0.05) is 0 Å². The van der Waals surface area contributed by atoms with E-state index in [1.54, 1.807) is 19.1 Å². The molecule has 0 aliphatic carbocycles. The Hall–Kier alpha value is -3.02. The highest BCUT2D eigenvalue weighted by Gasteiger charge is 2.10. The first-order valence-corrected chi connectivity index (χ1v) is 7.55. The zero-order valence-electron chi connectivity index (χ0n) is 13.5. The number of halogens is 1. The molecule has 0 unspecified atom stereocenters. The second-order valence-electron chi connectivity index (χ2n) is 5.47. The van der Waals surface area contributed by atoms with E-state index < -0.39 is 0 Å². The number of nitrogens with one attached hydrogen (secondary N) is 1. The molecule has 1 N–H and O–H groups in total. The van der Waals surface area contributed by atoms with Gasteiger partial charge < -0.3 is 4.57 Å². The highest BCUT2D eigenvalue weighted by atomic mass is 19.1. The molecule has 0 saturated carbocycles. The van der Waals surface area contributed by atoms with Crippen molar-refractivity contribution in [2.45, 2.75) is 20.4 Å². The summed E-state index contributed by atoms with van der Waals surface area (Å²) in [6, 6.07) is 13.6. The van der Waals surface area contributed by atoms with Crippen LogP contribution in [0.4, 0.5) is 4.39 Å². The van der Waals surface area contributed by atoms with Crippen molar-refractivity contribution in [3.63, 3.8) is 0 Å². The predicted molar refractivity (Wildman–Crippen MR) is 91.2 cm³/mol. The fourth-order valence-electron chi connectivity index (χ4n) is 2.48. The smallest absolute Gasteiger partial charge is 0.260 e. The minimum absolute atomic E-state index is 0.131. The maximum absolute atomic E-state index is 12.9. The van der Waals surface area contributed by atoms with Crippen molar-refractivity contribution in [1.82, 2.24) is 15.0 Å². The van der Waals surface area contributed by atoms with Crippen LogP contribution in [0.25, 0.3) is 11.0 Å². The molecule has 0 aliphatic heterocycles. The van der Waals surface area contributed by atoms with E-state index in [0.717, 1.165) is 22.4 Å². The molecule has 1 aromatic heterocycles. The lowest BCUT2D eigenvalue weighted by atomic mass is 10.1. The van der Waals surface area contributed by atoms with Gasteiger partial charge in [-0.25, -0.2) is 14.8 Å². The van der Waals surface area contributed by atoms with Crippen molar-refractivity contribution in [1.29, 1.82) is 0 Å². The number of aryl methyl sites for hydroxylation is 1. The summed E-state index contributed by atoms with van der Waals surface area (Å²) < 4.78 is 14.8. The number of amides is 1. The molecular formula is C18H17FN4O. The number of aromatic nitrogens is 2. The number of carbonyl (C=O) groups is 1. The number of imidazole rings is 1. The summed E-state index contributed by atoms with van der Waals surface area (Å²) in [5, 5.41) is 4.08. The van der Waals surface area contributed by atoms with E-state index in [1.807, 2.05) is 35.8 Å². The summed E-state index contributed by atoms with van der Waals surface area (Å²) in [6.07, 6.45) is 0. The topological polar surface area (TPSA) is 59.3 Å². The molecule has 0 fully saturated rings. The van der Waals surface area contributed by atoms with Crippen LogP contribution in [-0.4, -0.2) is 21.2 Å². The first-order valence-electron chi connectivity index (χ1n) is 7.55. The first kappa shape index (κ1) is 15.9. The SMILES string of the molecule is C/C(=N/NC(=O)Cn1c(C)nc2ccccc21)c1ccc(F)cc1. The number of rotatable bonds is 4. The van der Waals surface area contributed by atoms with E-state index in [-0.39, 0.29) is 18.3 Å². The van der Waals surface area contributed by atoms with Crippen molar-refractivity contribution in [2.75, 3.05) is 0 Å². The molecule has 5 nitrogen and oxygen atoms in total. The third-order valence-corrected chi connectivity index (χ3v) is 3.76. The fourth-order valence-corrected chi connectivity index (χ4v) is 2.48. The number of fused-ring (bicyclic) bond motifs is 1. The third-order valence-electron chi connectivity index (χ3n) is 3.76. The van der Waals surface area contributed by atoms with Crippen LogP contribution >= 0.6 is 0 Å². The summed E-state index contributed by atoms with van der Waals surface area (Å²) in [4.78, 5) is 16.6. The van der Waals surface area contributed by atoms with Crippen molar-refractivity contribution in [3.8, 4) is 0 Å². The van der Waals surface area contributed by atoms with Gasteiger partial charge in [-0.05, 0) is 43.7 Å². The largest absolute Gasteiger partial charge is 0.319 e. The van der Waals surface area contributed by atoms with Crippen LogP contribution in [0.2, 0.25) is 0 Å². The van der Waals surface area contributed by atoms with Crippen LogP contribution in [0, 0.1) is 12.7 Å². The molecule has 6 heteroatoms. The highest BCUT2D eigenvalue weighted by Crippen LogP contribution is 2.15. The molecule has 3 rings (SSSR count). The van der Waals surface area contributed by atoms with Gasteiger partial charge >= 0.3 is 0 Å². The molecule has 3 aromatic rings. The van der Waals surface area contributed by atoms with Gasteiger partial charge in [0.15, 0.2) is 0 Å². The summed E-state index contributed by atoms with van der Waals surface area (Å²) in [5.41, 5.74) is 5.65. The van der Waals surface area contributed by atoms with Crippen molar-refractivity contribution < 1.29 is 9.18 Å². The Kier molecular flexibility index (Phi) is 4.37. The van der Waals surface area contributed by atoms with Gasteiger partial charge in [0.2, 0.25) is 0 Å². The second-order valence-corrected chi connectivity index (χ2v) is 5.47. The van der Waals surface area contributed by atoms with Gasteiger partial charge in [-0.1, -0.05) is 24.3 Å². The Balaban J connectivity index is 1.72. The zero-order chi connectivity index (χ0) is 17.1. The quantitative estimate of drug-likeness (QED) is 0.592. The van der Waals surface area contributed by atoms with Crippen LogP contribution in [0.5, 0.6) is 0 Å². The minimum atomic E-state index is -0.307. The molecule has 0 atom stereocenters. The summed E-state index contributed by atoms with van der Waals surface area (Å²) in [6.45, 7) is 3.75. The lowest BCUT2D eigenvalue weighted by molar-refractivity contribution is -0.121. The molecule has 0 spiro atoms. The second kappa shape index (κ2) is 6.62. The Morgan fingerprint density at radius 1 is 1.21 bits per heavy atom. The average molecular weight is 324 g/mol. The van der Waals surface area contributed by atoms with Crippen LogP contribution in [0.1, 0.15) is 18.3 Å². The Labute approximate surface area is 138 Å².